The number of benzene rings is 3. The summed E-state index contributed by atoms with van der Waals surface area (Å²) in [6.45, 7) is 3.79. The third kappa shape index (κ3) is 5.07. The maximum absolute atomic E-state index is 13.4. The fourth-order valence-corrected chi connectivity index (χ4v) is 7.10. The molecular formula is C27H25N3O5S2. The van der Waals surface area contributed by atoms with E-state index < -0.39 is 28.5 Å². The molecule has 0 unspecified atom stereocenters. The third-order valence-electron chi connectivity index (χ3n) is 6.14. The van der Waals surface area contributed by atoms with Gasteiger partial charge in [0.15, 0.2) is 11.7 Å². The maximum atomic E-state index is 13.4. The number of anilines is 2. The first kappa shape index (κ1) is 24.9. The Labute approximate surface area is 219 Å². The molecule has 2 heterocycles. The molecule has 0 fully saturated rings. The van der Waals surface area contributed by atoms with E-state index >= 15 is 0 Å². The number of nitrogens with one attached hydrogen (secondary N) is 1. The molecule has 4 aromatic rings. The highest BCUT2D eigenvalue weighted by Gasteiger charge is 2.29. The van der Waals surface area contributed by atoms with Crippen LogP contribution >= 0.6 is 11.3 Å². The number of hydrogen-bond acceptors (Lipinski definition) is 7. The predicted molar refractivity (Wildman–Crippen MR) is 144 cm³/mol. The summed E-state index contributed by atoms with van der Waals surface area (Å²) in [6, 6.07) is 17.1. The zero-order chi connectivity index (χ0) is 26.2. The van der Waals surface area contributed by atoms with Gasteiger partial charge in [0, 0.05) is 6.54 Å². The van der Waals surface area contributed by atoms with Gasteiger partial charge in [0.2, 0.25) is 0 Å². The van der Waals surface area contributed by atoms with Gasteiger partial charge >= 0.3 is 5.97 Å². The summed E-state index contributed by atoms with van der Waals surface area (Å²) in [5, 5.41) is 3.08. The molecule has 10 heteroatoms. The van der Waals surface area contributed by atoms with Crippen molar-refractivity contribution in [2.24, 2.45) is 0 Å². The highest BCUT2D eigenvalue weighted by Crippen LogP contribution is 2.32. The quantitative estimate of drug-likeness (QED) is 0.354. The number of sulfonamides is 1. The smallest absolute Gasteiger partial charge is 0.338 e. The Balaban J connectivity index is 1.27. The van der Waals surface area contributed by atoms with Crippen molar-refractivity contribution in [3.8, 4) is 0 Å². The Bertz CT molecular complexity index is 1630. The highest BCUT2D eigenvalue weighted by molar-refractivity contribution is 7.92. The largest absolute Gasteiger partial charge is 0.452 e. The van der Waals surface area contributed by atoms with Crippen molar-refractivity contribution in [3.63, 3.8) is 0 Å². The molecule has 0 saturated carbocycles. The minimum atomic E-state index is -3.88. The molecule has 0 atom stereocenters. The van der Waals surface area contributed by atoms with E-state index in [0.29, 0.717) is 23.8 Å². The molecule has 1 aromatic heterocycles. The van der Waals surface area contributed by atoms with E-state index in [2.05, 4.69) is 10.3 Å². The molecule has 1 amide bonds. The summed E-state index contributed by atoms with van der Waals surface area (Å²) in [7, 11) is -3.88. The lowest BCUT2D eigenvalue weighted by molar-refractivity contribution is -0.119. The topological polar surface area (TPSA) is 106 Å². The van der Waals surface area contributed by atoms with Crippen LogP contribution in [-0.4, -0.2) is 38.4 Å². The lowest BCUT2D eigenvalue weighted by Gasteiger charge is -2.30. The van der Waals surface area contributed by atoms with E-state index in [1.165, 1.54) is 39.9 Å². The Morgan fingerprint density at radius 1 is 1.08 bits per heavy atom. The Morgan fingerprint density at radius 2 is 1.89 bits per heavy atom. The minimum absolute atomic E-state index is 0.0109. The molecule has 3 aromatic carbocycles. The number of fused-ring (bicyclic) bond motifs is 2. The number of aryl methyl sites for hydroxylation is 3. The zero-order valence-electron chi connectivity index (χ0n) is 20.4. The summed E-state index contributed by atoms with van der Waals surface area (Å²) >= 11 is 1.34. The maximum Gasteiger partial charge on any atom is 0.338 e. The lowest BCUT2D eigenvalue weighted by atomic mass is 10.0. The Kier molecular flexibility index (Phi) is 6.70. The van der Waals surface area contributed by atoms with Gasteiger partial charge in [-0.05, 0) is 73.7 Å². The van der Waals surface area contributed by atoms with Crippen LogP contribution in [0.1, 0.15) is 33.5 Å². The van der Waals surface area contributed by atoms with Crippen LogP contribution in [0.3, 0.4) is 0 Å². The van der Waals surface area contributed by atoms with Gasteiger partial charge in [0.05, 0.1) is 26.4 Å². The molecule has 5 rings (SSSR count). The first-order chi connectivity index (χ1) is 17.7. The normalized spacial score (nSPS) is 13.3. The van der Waals surface area contributed by atoms with Crippen LogP contribution in [0, 0.1) is 13.8 Å². The summed E-state index contributed by atoms with van der Waals surface area (Å²) in [4.78, 5) is 29.5. The molecule has 0 radical (unpaired) electrons. The summed E-state index contributed by atoms with van der Waals surface area (Å²) < 4.78 is 34.3. The lowest BCUT2D eigenvalue weighted by Crippen LogP contribution is -2.35. The molecule has 8 nitrogen and oxygen atoms in total. The van der Waals surface area contributed by atoms with Crippen molar-refractivity contribution in [2.75, 3.05) is 22.8 Å². The van der Waals surface area contributed by atoms with E-state index in [4.69, 9.17) is 4.74 Å². The predicted octanol–water partition coefficient (Wildman–Crippen LogP) is 4.85. The number of thiazole rings is 1. The van der Waals surface area contributed by atoms with Crippen LogP contribution in [0.15, 0.2) is 65.6 Å². The molecule has 0 saturated heterocycles. The monoisotopic (exact) mass is 535 g/mol. The molecule has 1 aliphatic rings. The number of hydrogen-bond donors (Lipinski definition) is 1. The average Bonchev–Trinajstić information content (AvgIpc) is 3.29. The summed E-state index contributed by atoms with van der Waals surface area (Å²) in [5.41, 5.74) is 4.61. The molecule has 190 valence electrons. The second-order valence-electron chi connectivity index (χ2n) is 8.91. The van der Waals surface area contributed by atoms with Crippen LogP contribution in [0.5, 0.6) is 0 Å². The van der Waals surface area contributed by atoms with Crippen molar-refractivity contribution in [3.05, 3.63) is 82.9 Å². The summed E-state index contributed by atoms with van der Waals surface area (Å²) in [5.74, 6) is -1.32. The summed E-state index contributed by atoms with van der Waals surface area (Å²) in [6.07, 6.45) is 1.52. The van der Waals surface area contributed by atoms with Crippen molar-refractivity contribution in [1.29, 1.82) is 0 Å². The van der Waals surface area contributed by atoms with Crippen LogP contribution in [0.2, 0.25) is 0 Å². The van der Waals surface area contributed by atoms with Gasteiger partial charge in [0.1, 0.15) is 0 Å². The molecule has 0 aliphatic carbocycles. The molecule has 0 bridgehead atoms. The van der Waals surface area contributed by atoms with E-state index in [1.54, 1.807) is 6.07 Å². The van der Waals surface area contributed by atoms with Gasteiger partial charge in [-0.15, -0.1) is 0 Å². The van der Waals surface area contributed by atoms with E-state index in [0.717, 1.165) is 33.3 Å². The number of amides is 1. The van der Waals surface area contributed by atoms with E-state index in [9.17, 15) is 18.0 Å². The van der Waals surface area contributed by atoms with Gasteiger partial charge in [-0.2, -0.15) is 0 Å². The Hall–Kier alpha value is -3.76. The highest BCUT2D eigenvalue weighted by atomic mass is 32.2. The van der Waals surface area contributed by atoms with Gasteiger partial charge < -0.3 is 4.74 Å². The van der Waals surface area contributed by atoms with Crippen LogP contribution < -0.4 is 9.62 Å². The van der Waals surface area contributed by atoms with Gasteiger partial charge in [-0.25, -0.2) is 18.2 Å². The number of para-hydroxylation sites is 1. The molecule has 0 spiro atoms. The van der Waals surface area contributed by atoms with Crippen LogP contribution in [-0.2, 0) is 26.0 Å². The number of nitrogens with zero attached hydrogens (tertiary/aromatic N) is 2. The first-order valence-electron chi connectivity index (χ1n) is 11.8. The second kappa shape index (κ2) is 9.95. The SMILES string of the molecule is Cc1cc(C)c2nc(NC(=O)COC(=O)c3cccc(S(=O)(=O)N4CCCc5ccccc54)c3)sc2c1. The average molecular weight is 536 g/mol. The van der Waals surface area contributed by atoms with Crippen LogP contribution in [0.4, 0.5) is 10.8 Å². The number of carbonyl (C=O) groups excluding carboxylic acids is 2. The molecule has 1 aliphatic heterocycles. The standard InChI is InChI=1S/C27H25N3O5S2/c1-17-13-18(2)25-23(14-17)36-27(29-25)28-24(31)16-35-26(32)20-8-5-10-21(15-20)37(33,34)30-12-6-9-19-7-3-4-11-22(19)30/h3-5,7-8,10-11,13-15H,6,9,12,16H2,1-2H3,(H,28,29,31). The zero-order valence-corrected chi connectivity index (χ0v) is 22.0. The van der Waals surface area contributed by atoms with Crippen molar-refractivity contribution in [2.45, 2.75) is 31.6 Å². The molecule has 37 heavy (non-hydrogen) atoms. The number of carbonyl (C=O) groups is 2. The van der Waals surface area contributed by atoms with E-state index in [1.807, 2.05) is 44.2 Å². The van der Waals surface area contributed by atoms with Crippen molar-refractivity contribution < 1.29 is 22.7 Å². The number of esters is 1. The number of aromatic nitrogens is 1. The van der Waals surface area contributed by atoms with Crippen LogP contribution in [0.25, 0.3) is 10.2 Å². The molecule has 1 N–H and O–H groups in total. The minimum Gasteiger partial charge on any atom is -0.452 e. The third-order valence-corrected chi connectivity index (χ3v) is 8.86. The van der Waals surface area contributed by atoms with E-state index in [-0.39, 0.29) is 10.5 Å². The fourth-order valence-electron chi connectivity index (χ4n) is 4.45. The first-order valence-corrected chi connectivity index (χ1v) is 14.0. The Morgan fingerprint density at radius 3 is 2.73 bits per heavy atom. The van der Waals surface area contributed by atoms with Crippen molar-refractivity contribution in [1.82, 2.24) is 4.98 Å². The number of ether oxygens (including phenoxy) is 1. The second-order valence-corrected chi connectivity index (χ2v) is 11.8. The van der Waals surface area contributed by atoms with Gasteiger partial charge in [-0.3, -0.25) is 14.4 Å². The van der Waals surface area contributed by atoms with Gasteiger partial charge in [-0.1, -0.05) is 41.7 Å². The van der Waals surface area contributed by atoms with Crippen molar-refractivity contribution >= 4 is 54.3 Å². The molecular weight excluding hydrogens is 510 g/mol. The number of rotatable bonds is 6. The van der Waals surface area contributed by atoms with Gasteiger partial charge in [0.25, 0.3) is 15.9 Å². The fraction of sp³-hybridized carbons (Fsp3) is 0.222.